The fourth-order valence-corrected chi connectivity index (χ4v) is 1.45. The number of carboxylic acids is 1. The van der Waals surface area contributed by atoms with Crippen LogP contribution in [0.25, 0.3) is 11.6 Å². The minimum absolute atomic E-state index is 0.167. The predicted molar refractivity (Wildman–Crippen MR) is 65.1 cm³/mol. The molecule has 0 aliphatic rings. The van der Waals surface area contributed by atoms with Gasteiger partial charge in [0.15, 0.2) is 0 Å². The normalized spacial score (nSPS) is 11.4. The second-order valence-corrected chi connectivity index (χ2v) is 3.50. The van der Waals surface area contributed by atoms with E-state index >= 15 is 0 Å². The number of nitrogen functional groups attached to an aromatic ring is 1. The summed E-state index contributed by atoms with van der Waals surface area (Å²) in [4.78, 5) is 11.2. The molecule has 0 radical (unpaired) electrons. The smallest absolute Gasteiger partial charge is 0.336 e. The molecule has 1 aromatic carbocycles. The van der Waals surface area contributed by atoms with E-state index in [2.05, 4.69) is 0 Å². The summed E-state index contributed by atoms with van der Waals surface area (Å²) in [5.74, 6) is -0.509. The van der Waals surface area contributed by atoms with Crippen LogP contribution >= 0.6 is 0 Å². The molecule has 2 aromatic rings. The summed E-state index contributed by atoms with van der Waals surface area (Å²) in [7, 11) is 0. The molecular weight excluding hydrogens is 218 g/mol. The van der Waals surface area contributed by atoms with Gasteiger partial charge in [0.2, 0.25) is 0 Å². The van der Waals surface area contributed by atoms with E-state index in [1.54, 1.807) is 36.4 Å². The highest BCUT2D eigenvalue weighted by atomic mass is 16.4. The van der Waals surface area contributed by atoms with E-state index in [0.29, 0.717) is 17.0 Å². The average Bonchev–Trinajstić information content (AvgIpc) is 2.80. The summed E-state index contributed by atoms with van der Waals surface area (Å²) in [5, 5.41) is 9.15. The summed E-state index contributed by atoms with van der Waals surface area (Å²) in [5.41, 5.74) is 6.90. The third-order valence-corrected chi connectivity index (χ3v) is 2.28. The van der Waals surface area contributed by atoms with Gasteiger partial charge in [-0.3, -0.25) is 0 Å². The third kappa shape index (κ3) is 2.55. The lowest BCUT2D eigenvalue weighted by molar-refractivity contribution is -0.130. The van der Waals surface area contributed by atoms with Crippen molar-refractivity contribution < 1.29 is 14.3 Å². The number of carboxylic acid groups (broad SMARTS) is 1. The van der Waals surface area contributed by atoms with Crippen LogP contribution in [0.4, 0.5) is 5.69 Å². The fourth-order valence-electron chi connectivity index (χ4n) is 1.45. The molecule has 0 fully saturated rings. The van der Waals surface area contributed by atoms with E-state index in [4.69, 9.17) is 15.3 Å². The zero-order chi connectivity index (χ0) is 12.3. The van der Waals surface area contributed by atoms with Gasteiger partial charge >= 0.3 is 5.97 Å². The monoisotopic (exact) mass is 229 g/mol. The van der Waals surface area contributed by atoms with Crippen molar-refractivity contribution in [2.45, 2.75) is 0 Å². The first-order chi connectivity index (χ1) is 8.16. The largest absolute Gasteiger partial charge is 0.478 e. The first-order valence-corrected chi connectivity index (χ1v) is 5.01. The standard InChI is InChI=1S/C13H11NO3/c14-10-5-3-9(4-6-10)12(13(15)16)8-11-2-1-7-17-11/h1-8H,14H2,(H,15,16)/b12-8-. The van der Waals surface area contributed by atoms with Crippen LogP contribution in [-0.2, 0) is 4.79 Å². The number of benzene rings is 1. The highest BCUT2D eigenvalue weighted by Gasteiger charge is 2.10. The van der Waals surface area contributed by atoms with Gasteiger partial charge in [0.1, 0.15) is 5.76 Å². The highest BCUT2D eigenvalue weighted by molar-refractivity contribution is 6.20. The van der Waals surface area contributed by atoms with Crippen LogP contribution < -0.4 is 5.73 Å². The lowest BCUT2D eigenvalue weighted by atomic mass is 10.0. The Morgan fingerprint density at radius 3 is 2.47 bits per heavy atom. The van der Waals surface area contributed by atoms with Crippen LogP contribution in [-0.4, -0.2) is 11.1 Å². The van der Waals surface area contributed by atoms with Crippen LogP contribution in [0.5, 0.6) is 0 Å². The molecule has 2 rings (SSSR count). The average molecular weight is 229 g/mol. The van der Waals surface area contributed by atoms with Gasteiger partial charge in [0.25, 0.3) is 0 Å². The molecule has 0 aliphatic carbocycles. The molecule has 0 bridgehead atoms. The zero-order valence-corrected chi connectivity index (χ0v) is 8.96. The minimum atomic E-state index is -1.01. The number of nitrogens with two attached hydrogens (primary N) is 1. The van der Waals surface area contributed by atoms with E-state index in [1.807, 2.05) is 0 Å². The van der Waals surface area contributed by atoms with Crippen LogP contribution in [0.1, 0.15) is 11.3 Å². The van der Waals surface area contributed by atoms with E-state index in [1.165, 1.54) is 12.3 Å². The minimum Gasteiger partial charge on any atom is -0.478 e. The summed E-state index contributed by atoms with van der Waals surface area (Å²) < 4.78 is 5.09. The quantitative estimate of drug-likeness (QED) is 0.626. The molecule has 86 valence electrons. The van der Waals surface area contributed by atoms with Crippen LogP contribution in [0.2, 0.25) is 0 Å². The topological polar surface area (TPSA) is 76.5 Å². The van der Waals surface area contributed by atoms with Crippen molar-refractivity contribution in [3.05, 3.63) is 54.0 Å². The molecule has 0 unspecified atom stereocenters. The summed E-state index contributed by atoms with van der Waals surface area (Å²) in [6.45, 7) is 0. The zero-order valence-electron chi connectivity index (χ0n) is 8.96. The maximum Gasteiger partial charge on any atom is 0.336 e. The SMILES string of the molecule is Nc1ccc(/C(=C/c2ccco2)C(=O)O)cc1. The van der Waals surface area contributed by atoms with E-state index < -0.39 is 5.97 Å². The van der Waals surface area contributed by atoms with Crippen LogP contribution in [0, 0.1) is 0 Å². The van der Waals surface area contributed by atoms with Gasteiger partial charge in [0, 0.05) is 5.69 Å². The molecule has 0 amide bonds. The first kappa shape index (κ1) is 11.0. The summed E-state index contributed by atoms with van der Waals surface area (Å²) >= 11 is 0. The van der Waals surface area contributed by atoms with Gasteiger partial charge in [-0.15, -0.1) is 0 Å². The Morgan fingerprint density at radius 1 is 1.24 bits per heavy atom. The van der Waals surface area contributed by atoms with E-state index in [0.717, 1.165) is 0 Å². The number of furan rings is 1. The van der Waals surface area contributed by atoms with Crippen molar-refractivity contribution in [2.24, 2.45) is 0 Å². The fraction of sp³-hybridized carbons (Fsp3) is 0. The number of carbonyl (C=O) groups is 1. The molecule has 3 N–H and O–H groups in total. The van der Waals surface area contributed by atoms with Crippen molar-refractivity contribution in [1.29, 1.82) is 0 Å². The molecule has 1 heterocycles. The molecule has 17 heavy (non-hydrogen) atoms. The Bertz CT molecular complexity index is 539. The van der Waals surface area contributed by atoms with Crippen molar-refractivity contribution in [3.8, 4) is 0 Å². The van der Waals surface area contributed by atoms with Gasteiger partial charge in [-0.25, -0.2) is 4.79 Å². The number of rotatable bonds is 3. The number of hydrogen-bond donors (Lipinski definition) is 2. The number of anilines is 1. The lowest BCUT2D eigenvalue weighted by Gasteiger charge is -2.02. The van der Waals surface area contributed by atoms with Gasteiger partial charge in [0.05, 0.1) is 11.8 Å². The third-order valence-electron chi connectivity index (χ3n) is 2.28. The molecular formula is C13H11NO3. The second kappa shape index (κ2) is 4.57. The molecule has 0 saturated heterocycles. The summed E-state index contributed by atoms with van der Waals surface area (Å²) in [6.07, 6.45) is 2.97. The maximum atomic E-state index is 11.2. The van der Waals surface area contributed by atoms with Gasteiger partial charge in [-0.2, -0.15) is 0 Å². The first-order valence-electron chi connectivity index (χ1n) is 5.01. The molecule has 0 atom stereocenters. The molecule has 4 nitrogen and oxygen atoms in total. The van der Waals surface area contributed by atoms with Crippen molar-refractivity contribution in [1.82, 2.24) is 0 Å². The van der Waals surface area contributed by atoms with Crippen LogP contribution in [0.15, 0.2) is 47.1 Å². The van der Waals surface area contributed by atoms with Gasteiger partial charge in [-0.1, -0.05) is 12.1 Å². The number of aliphatic carboxylic acids is 1. The van der Waals surface area contributed by atoms with E-state index in [9.17, 15) is 4.79 Å². The molecule has 0 spiro atoms. The Labute approximate surface area is 98.0 Å². The van der Waals surface area contributed by atoms with Gasteiger partial charge in [-0.05, 0) is 35.9 Å². The summed E-state index contributed by atoms with van der Waals surface area (Å²) in [6, 6.07) is 10.0. The lowest BCUT2D eigenvalue weighted by Crippen LogP contribution is -1.99. The highest BCUT2D eigenvalue weighted by Crippen LogP contribution is 2.20. The molecule has 0 saturated carbocycles. The molecule has 0 aliphatic heterocycles. The Kier molecular flexibility index (Phi) is 2.96. The Hall–Kier alpha value is -2.49. The number of hydrogen-bond acceptors (Lipinski definition) is 3. The molecule has 4 heteroatoms. The predicted octanol–water partition coefficient (Wildman–Crippen LogP) is 2.49. The Balaban J connectivity index is 2.43. The van der Waals surface area contributed by atoms with Crippen molar-refractivity contribution >= 4 is 23.3 Å². The van der Waals surface area contributed by atoms with Crippen molar-refractivity contribution in [2.75, 3.05) is 5.73 Å². The second-order valence-electron chi connectivity index (χ2n) is 3.50. The van der Waals surface area contributed by atoms with Crippen LogP contribution in [0.3, 0.4) is 0 Å². The van der Waals surface area contributed by atoms with Crippen molar-refractivity contribution in [3.63, 3.8) is 0 Å². The van der Waals surface area contributed by atoms with Gasteiger partial charge < -0.3 is 15.3 Å². The maximum absolute atomic E-state index is 11.2. The van der Waals surface area contributed by atoms with E-state index in [-0.39, 0.29) is 5.57 Å². The molecule has 1 aromatic heterocycles. The Morgan fingerprint density at radius 2 is 1.94 bits per heavy atom.